The first-order chi connectivity index (χ1) is 14.6. The smallest absolute Gasteiger partial charge is 0.191 e. The lowest BCUT2D eigenvalue weighted by Crippen LogP contribution is -2.39. The van der Waals surface area contributed by atoms with Crippen LogP contribution in [0.4, 0.5) is 0 Å². The highest BCUT2D eigenvalue weighted by Crippen LogP contribution is 2.23. The number of aromatic nitrogens is 1. The molecule has 31 heavy (non-hydrogen) atoms. The quantitative estimate of drug-likeness (QED) is 0.449. The molecule has 1 heterocycles. The molecule has 0 aliphatic carbocycles. The maximum absolute atomic E-state index is 12.7. The zero-order valence-electron chi connectivity index (χ0n) is 19.6. The van der Waals surface area contributed by atoms with Gasteiger partial charge >= 0.3 is 0 Å². The van der Waals surface area contributed by atoms with Crippen LogP contribution >= 0.6 is 0 Å². The summed E-state index contributed by atoms with van der Waals surface area (Å²) in [7, 11) is -3.38. The normalized spacial score (nSPS) is 12.8. The van der Waals surface area contributed by atoms with Gasteiger partial charge in [-0.05, 0) is 36.5 Å². The van der Waals surface area contributed by atoms with Gasteiger partial charge in [-0.1, -0.05) is 51.9 Å². The fourth-order valence-electron chi connectivity index (χ4n) is 3.20. The highest BCUT2D eigenvalue weighted by molar-refractivity contribution is 7.91. The number of hydrogen-bond acceptors (Lipinski definition) is 5. The van der Waals surface area contributed by atoms with E-state index in [0.717, 1.165) is 35.4 Å². The Labute approximate surface area is 186 Å². The van der Waals surface area contributed by atoms with Crippen LogP contribution in [0.15, 0.2) is 38.7 Å². The summed E-state index contributed by atoms with van der Waals surface area (Å²) in [4.78, 5) is 4.95. The molecule has 2 aromatic rings. The number of benzene rings is 1. The van der Waals surface area contributed by atoms with Crippen LogP contribution in [0.25, 0.3) is 0 Å². The van der Waals surface area contributed by atoms with Gasteiger partial charge in [0, 0.05) is 25.1 Å². The number of hydrogen-bond donors (Lipinski definition) is 2. The third-order valence-corrected chi connectivity index (χ3v) is 6.82. The minimum Gasteiger partial charge on any atom is -0.361 e. The van der Waals surface area contributed by atoms with Crippen molar-refractivity contribution < 1.29 is 12.9 Å². The van der Waals surface area contributed by atoms with Crippen LogP contribution in [0.2, 0.25) is 0 Å². The Balaban J connectivity index is 2.03. The highest BCUT2D eigenvalue weighted by Gasteiger charge is 2.18. The fraction of sp³-hybridized carbons (Fsp3) is 0.565. The van der Waals surface area contributed by atoms with Gasteiger partial charge in [0.05, 0.1) is 22.9 Å². The monoisotopic (exact) mass is 448 g/mol. The Bertz CT molecular complexity index is 950. The third kappa shape index (κ3) is 6.82. The molecule has 0 saturated carbocycles. The predicted molar refractivity (Wildman–Crippen MR) is 125 cm³/mol. The molecule has 0 unspecified atom stereocenters. The molecule has 1 aromatic carbocycles. The summed E-state index contributed by atoms with van der Waals surface area (Å²) in [6, 6.07) is 7.17. The second kappa shape index (κ2) is 10.8. The molecule has 0 amide bonds. The Kier molecular flexibility index (Phi) is 8.68. The van der Waals surface area contributed by atoms with E-state index in [1.165, 1.54) is 0 Å². The van der Waals surface area contributed by atoms with Crippen molar-refractivity contribution in [3.8, 4) is 0 Å². The standard InChI is InChI=1S/C23H36N4O3S/c1-7-20-19(21(8-2)30-27-20)16-26-22(24-9-3)25-14-15-31(28,29)18-12-10-17(11-13-18)23(4,5)6/h10-13H,7-9,14-16H2,1-6H3,(H2,24,25,26). The number of aliphatic imine (C=N–C) groups is 1. The maximum Gasteiger partial charge on any atom is 0.191 e. The van der Waals surface area contributed by atoms with E-state index in [2.05, 4.69) is 41.6 Å². The zero-order chi connectivity index (χ0) is 23.1. The van der Waals surface area contributed by atoms with E-state index in [4.69, 9.17) is 4.52 Å². The molecule has 172 valence electrons. The predicted octanol–water partition coefficient (Wildman–Crippen LogP) is 3.63. The first-order valence-electron chi connectivity index (χ1n) is 10.9. The Morgan fingerprint density at radius 2 is 1.74 bits per heavy atom. The lowest BCUT2D eigenvalue weighted by Gasteiger charge is -2.19. The molecule has 0 saturated heterocycles. The van der Waals surface area contributed by atoms with Crippen LogP contribution in [0.3, 0.4) is 0 Å². The van der Waals surface area contributed by atoms with Crippen LogP contribution in [-0.2, 0) is 34.6 Å². The van der Waals surface area contributed by atoms with E-state index in [9.17, 15) is 8.42 Å². The van der Waals surface area contributed by atoms with Crippen molar-refractivity contribution in [3.63, 3.8) is 0 Å². The zero-order valence-corrected chi connectivity index (χ0v) is 20.4. The van der Waals surface area contributed by atoms with Crippen molar-refractivity contribution in [1.82, 2.24) is 15.8 Å². The van der Waals surface area contributed by atoms with Gasteiger partial charge in [0.15, 0.2) is 15.8 Å². The molecule has 1 aromatic heterocycles. The molecule has 8 heteroatoms. The molecule has 0 fully saturated rings. The molecule has 0 atom stereocenters. The molecule has 2 N–H and O–H groups in total. The van der Waals surface area contributed by atoms with Gasteiger partial charge in [-0.25, -0.2) is 13.4 Å². The summed E-state index contributed by atoms with van der Waals surface area (Å²) in [6.07, 6.45) is 1.54. The molecule has 0 spiro atoms. The average molecular weight is 449 g/mol. The van der Waals surface area contributed by atoms with Crippen molar-refractivity contribution in [3.05, 3.63) is 46.8 Å². The van der Waals surface area contributed by atoms with Crippen molar-refractivity contribution in [2.75, 3.05) is 18.8 Å². The van der Waals surface area contributed by atoms with Gasteiger partial charge in [0.1, 0.15) is 5.76 Å². The molecule has 2 rings (SSSR count). The largest absolute Gasteiger partial charge is 0.361 e. The van der Waals surface area contributed by atoms with Crippen LogP contribution in [-0.4, -0.2) is 38.4 Å². The number of sulfone groups is 1. The first-order valence-corrected chi connectivity index (χ1v) is 12.6. The summed E-state index contributed by atoms with van der Waals surface area (Å²) in [5.41, 5.74) is 3.02. The van der Waals surface area contributed by atoms with E-state index in [0.29, 0.717) is 23.9 Å². The van der Waals surface area contributed by atoms with Crippen LogP contribution < -0.4 is 10.6 Å². The number of aryl methyl sites for hydroxylation is 2. The van der Waals surface area contributed by atoms with E-state index in [-0.39, 0.29) is 17.7 Å². The van der Waals surface area contributed by atoms with Gasteiger partial charge in [-0.3, -0.25) is 0 Å². The molecule has 0 aliphatic heterocycles. The van der Waals surface area contributed by atoms with E-state index in [1.54, 1.807) is 12.1 Å². The first kappa shape index (κ1) is 24.9. The van der Waals surface area contributed by atoms with Crippen molar-refractivity contribution in [2.45, 2.75) is 71.2 Å². The summed E-state index contributed by atoms with van der Waals surface area (Å²) in [5.74, 6) is 1.41. The molecular weight excluding hydrogens is 412 g/mol. The molecule has 7 nitrogen and oxygen atoms in total. The third-order valence-electron chi connectivity index (χ3n) is 5.09. The second-order valence-corrected chi connectivity index (χ2v) is 10.6. The lowest BCUT2D eigenvalue weighted by atomic mass is 9.87. The molecular formula is C23H36N4O3S. The van der Waals surface area contributed by atoms with E-state index < -0.39 is 9.84 Å². The SMILES string of the molecule is CCNC(=NCc1c(CC)noc1CC)NCCS(=O)(=O)c1ccc(C(C)(C)C)cc1. The number of rotatable bonds is 9. The lowest BCUT2D eigenvalue weighted by molar-refractivity contribution is 0.380. The van der Waals surface area contributed by atoms with Crippen molar-refractivity contribution in [1.29, 1.82) is 0 Å². The molecule has 0 bridgehead atoms. The minimum atomic E-state index is -3.38. The average Bonchev–Trinajstić information content (AvgIpc) is 3.13. The summed E-state index contributed by atoms with van der Waals surface area (Å²) < 4.78 is 30.8. The molecule has 0 radical (unpaired) electrons. The summed E-state index contributed by atoms with van der Waals surface area (Å²) >= 11 is 0. The number of guanidine groups is 1. The number of nitrogens with zero attached hydrogens (tertiary/aromatic N) is 2. The van der Waals surface area contributed by atoms with Gasteiger partial charge in [-0.2, -0.15) is 0 Å². The Morgan fingerprint density at radius 1 is 1.06 bits per heavy atom. The Hall–Kier alpha value is -2.35. The number of nitrogens with one attached hydrogen (secondary N) is 2. The second-order valence-electron chi connectivity index (χ2n) is 8.45. The minimum absolute atomic E-state index is 0.0131. The van der Waals surface area contributed by atoms with E-state index in [1.807, 2.05) is 32.9 Å². The van der Waals surface area contributed by atoms with Gasteiger partial charge in [0.2, 0.25) is 0 Å². The van der Waals surface area contributed by atoms with Crippen molar-refractivity contribution >= 4 is 15.8 Å². The van der Waals surface area contributed by atoms with Gasteiger partial charge < -0.3 is 15.2 Å². The van der Waals surface area contributed by atoms with Crippen LogP contribution in [0.5, 0.6) is 0 Å². The molecule has 0 aliphatic rings. The van der Waals surface area contributed by atoms with Crippen LogP contribution in [0, 0.1) is 0 Å². The fourth-order valence-corrected chi connectivity index (χ4v) is 4.36. The van der Waals surface area contributed by atoms with Crippen molar-refractivity contribution in [2.24, 2.45) is 4.99 Å². The summed E-state index contributed by atoms with van der Waals surface area (Å²) in [5, 5.41) is 10.4. The topological polar surface area (TPSA) is 96.6 Å². The maximum atomic E-state index is 12.7. The summed E-state index contributed by atoms with van der Waals surface area (Å²) in [6.45, 7) is 13.7. The Morgan fingerprint density at radius 3 is 2.29 bits per heavy atom. The highest BCUT2D eigenvalue weighted by atomic mass is 32.2. The van der Waals surface area contributed by atoms with E-state index >= 15 is 0 Å². The van der Waals surface area contributed by atoms with Crippen LogP contribution in [0.1, 0.15) is 64.1 Å². The van der Waals surface area contributed by atoms with Gasteiger partial charge in [-0.15, -0.1) is 0 Å². The van der Waals surface area contributed by atoms with Gasteiger partial charge in [0.25, 0.3) is 0 Å².